The van der Waals surface area contributed by atoms with Gasteiger partial charge in [-0.1, -0.05) is 18.2 Å². The van der Waals surface area contributed by atoms with E-state index in [4.69, 9.17) is 14.3 Å². The van der Waals surface area contributed by atoms with Gasteiger partial charge in [-0.05, 0) is 146 Å². The van der Waals surface area contributed by atoms with E-state index in [-0.39, 0.29) is 87.3 Å². The lowest BCUT2D eigenvalue weighted by molar-refractivity contribution is -0.141. The highest BCUT2D eigenvalue weighted by Crippen LogP contribution is 2.32. The Morgan fingerprint density at radius 3 is 1.24 bits per heavy atom. The van der Waals surface area contributed by atoms with E-state index in [1.807, 2.05) is 0 Å². The van der Waals surface area contributed by atoms with Crippen molar-refractivity contribution in [3.8, 4) is 5.75 Å². The van der Waals surface area contributed by atoms with E-state index in [2.05, 4.69) is 77.7 Å². The van der Waals surface area contributed by atoms with Gasteiger partial charge in [0, 0.05) is 31.2 Å². The lowest BCUT2D eigenvalue weighted by atomic mass is 10.0. The molecule has 32 heteroatoms. The van der Waals surface area contributed by atoms with Crippen molar-refractivity contribution in [2.45, 2.75) is 45.1 Å². The number of benzene rings is 1. The molecule has 0 aliphatic carbocycles. The molecule has 9 heterocycles. The number of methoxy groups -OCH3 is 1. The summed E-state index contributed by atoms with van der Waals surface area (Å²) in [6.45, 7) is 1.54. The van der Waals surface area contributed by atoms with Crippen molar-refractivity contribution >= 4 is 98.5 Å². The number of carbonyl (C=O) groups excluding carboxylic acids is 3. The molecule has 91 heavy (non-hydrogen) atoms. The van der Waals surface area contributed by atoms with E-state index in [9.17, 15) is 72.7 Å². The number of aromatic nitrogens is 9. The summed E-state index contributed by atoms with van der Waals surface area (Å²) < 4.78 is 148. The van der Waals surface area contributed by atoms with Crippen LogP contribution < -0.4 is 21.0 Å². The van der Waals surface area contributed by atoms with Crippen LogP contribution in [0.25, 0.3) is 33.1 Å². The third kappa shape index (κ3) is 15.9. The van der Waals surface area contributed by atoms with Crippen LogP contribution in [0, 0.1) is 5.82 Å². The zero-order valence-electron chi connectivity index (χ0n) is 47.0. The molecular formula is C59H41Br3F10N10O9. The Morgan fingerprint density at radius 1 is 0.516 bits per heavy atom. The van der Waals surface area contributed by atoms with E-state index in [1.165, 1.54) is 47.1 Å². The van der Waals surface area contributed by atoms with Crippen molar-refractivity contribution in [1.82, 2.24) is 48.7 Å². The van der Waals surface area contributed by atoms with Gasteiger partial charge in [0.1, 0.15) is 59.0 Å². The van der Waals surface area contributed by atoms with Crippen LogP contribution in [0.1, 0.15) is 77.7 Å². The minimum Gasteiger partial charge on any atom is -0.494 e. The smallest absolute Gasteiger partial charge is 0.433 e. The Hall–Kier alpha value is -9.14. The third-order valence-electron chi connectivity index (χ3n) is 12.9. The number of fused-ring (bicyclic) bond motifs is 3. The van der Waals surface area contributed by atoms with Crippen LogP contribution in [0.5, 0.6) is 5.75 Å². The fraction of sp³-hybridized carbons (Fsp3) is 0.186. The number of nitrogens with zero attached hydrogens (tertiary/aromatic N) is 10. The molecule has 0 bridgehead atoms. The maximum absolute atomic E-state index is 14.2. The zero-order valence-corrected chi connectivity index (χ0v) is 51.8. The summed E-state index contributed by atoms with van der Waals surface area (Å²) in [7, 11) is 3.83. The maximum atomic E-state index is 14.2. The standard InChI is InChI=1S/C23H14BrF4N3O3.C18H14BrF3N4O3.C18H13BrF3N3O3/c1-34-17-7-5-12(9-16(17)25)20(32)15-11-31(10-13-3-2-4-19(24)29-13)22-14(21(15)33)6-8-18(30-22)23(26,27)28;1-25(29-2)17(28)12-9-26(8-10-4-3-5-14(19)23-10)16-11(15(12)27)6-7-13(24-16)18(20,21)22;1-2-28-17(27)12-9-25(8-10-4-3-5-14(19)23-10)16-11(15(12)26)6-7-13(24-16)18(20,21)22/h2-9,11H,10H2,1H3;3-7,9H,8H2,1-2H3;3-7,9H,2,8H2,1H3. The second-order valence-electron chi connectivity index (χ2n) is 18.9. The second kappa shape index (κ2) is 27.9. The molecule has 0 radical (unpaired) electrons. The van der Waals surface area contributed by atoms with Crippen LogP contribution in [0.4, 0.5) is 43.9 Å². The minimum absolute atomic E-state index is 0.00304. The lowest BCUT2D eigenvalue weighted by Gasteiger charge is -2.17. The Kier molecular flexibility index (Phi) is 20.8. The third-order valence-corrected chi connectivity index (χ3v) is 14.2. The quantitative estimate of drug-likeness (QED) is 0.0344. The fourth-order valence-electron chi connectivity index (χ4n) is 8.65. The van der Waals surface area contributed by atoms with Crippen molar-refractivity contribution < 1.29 is 72.6 Å². The van der Waals surface area contributed by atoms with Crippen LogP contribution in [0.15, 0.2) is 156 Å². The number of halogens is 13. The number of hydroxylamine groups is 2. The Morgan fingerprint density at radius 2 is 0.890 bits per heavy atom. The average molecular weight is 1460 g/mol. The SMILES string of the molecule is CCOC(=O)c1cn(Cc2cccc(Br)n2)c2nc(C(F)(F)F)ccc2c1=O.CON(C)C(=O)c1cn(Cc2cccc(Br)n2)c2nc(C(F)(F)F)ccc2c1=O.COc1ccc(C(=O)c2cn(Cc3cccc(Br)n3)c3nc(C(F)(F)F)ccc3c2=O)cc1F. The van der Waals surface area contributed by atoms with E-state index in [0.717, 1.165) is 47.9 Å². The largest absolute Gasteiger partial charge is 0.494 e. The number of rotatable bonds is 13. The molecule has 0 saturated carbocycles. The van der Waals surface area contributed by atoms with Crippen LogP contribution >= 0.6 is 47.8 Å². The van der Waals surface area contributed by atoms with Crippen LogP contribution in [0.2, 0.25) is 0 Å². The number of alkyl halides is 9. The molecule has 0 unspecified atom stereocenters. The normalized spacial score (nSPS) is 11.6. The maximum Gasteiger partial charge on any atom is 0.433 e. The van der Waals surface area contributed by atoms with E-state index in [1.54, 1.807) is 61.5 Å². The fourth-order valence-corrected chi connectivity index (χ4v) is 9.79. The Labute approximate surface area is 530 Å². The topological polar surface area (TPSA) is 225 Å². The molecule has 10 rings (SSSR count). The molecule has 0 fully saturated rings. The summed E-state index contributed by atoms with van der Waals surface area (Å²) >= 11 is 9.68. The first-order valence-electron chi connectivity index (χ1n) is 26.0. The number of hydrogen-bond acceptors (Lipinski definition) is 15. The molecule has 472 valence electrons. The Bertz CT molecular complexity index is 4660. The number of esters is 1. The molecule has 0 spiro atoms. The molecule has 9 aromatic heterocycles. The molecule has 0 atom stereocenters. The van der Waals surface area contributed by atoms with Crippen molar-refractivity contribution in [1.29, 1.82) is 0 Å². The number of amides is 1. The van der Waals surface area contributed by atoms with Crippen molar-refractivity contribution in [2.24, 2.45) is 0 Å². The van der Waals surface area contributed by atoms with Gasteiger partial charge in [-0.25, -0.2) is 44.2 Å². The number of ketones is 1. The molecule has 19 nitrogen and oxygen atoms in total. The highest BCUT2D eigenvalue weighted by Gasteiger charge is 2.36. The highest BCUT2D eigenvalue weighted by molar-refractivity contribution is 9.11. The molecule has 1 amide bonds. The van der Waals surface area contributed by atoms with Gasteiger partial charge in [-0.3, -0.25) is 28.8 Å². The van der Waals surface area contributed by atoms with Gasteiger partial charge in [-0.2, -0.15) is 39.5 Å². The Balaban J connectivity index is 0.000000177. The molecule has 0 aliphatic rings. The van der Waals surface area contributed by atoms with Gasteiger partial charge in [0.15, 0.2) is 17.3 Å². The van der Waals surface area contributed by atoms with Crippen molar-refractivity contribution in [2.75, 3.05) is 27.9 Å². The van der Waals surface area contributed by atoms with Crippen molar-refractivity contribution in [3.05, 3.63) is 234 Å². The van der Waals surface area contributed by atoms with Gasteiger partial charge in [0.25, 0.3) is 5.91 Å². The summed E-state index contributed by atoms with van der Waals surface area (Å²) in [5.74, 6) is -3.29. The first-order valence-corrected chi connectivity index (χ1v) is 28.3. The molecule has 1 aromatic carbocycles. The number of hydrogen-bond donors (Lipinski definition) is 0. The average Bonchev–Trinajstić information content (AvgIpc) is 0.784. The van der Waals surface area contributed by atoms with Gasteiger partial charge >= 0.3 is 24.5 Å². The number of ether oxygens (including phenoxy) is 2. The second-order valence-corrected chi connectivity index (χ2v) is 21.4. The van der Waals surface area contributed by atoms with Gasteiger partial charge in [-0.15, -0.1) is 0 Å². The zero-order chi connectivity index (χ0) is 66.4. The van der Waals surface area contributed by atoms with E-state index >= 15 is 0 Å². The summed E-state index contributed by atoms with van der Waals surface area (Å²) in [5.41, 5.74) is -6.06. The number of pyridine rings is 9. The predicted octanol–water partition coefficient (Wildman–Crippen LogP) is 12.1. The van der Waals surface area contributed by atoms with E-state index < -0.39 is 75.4 Å². The summed E-state index contributed by atoms with van der Waals surface area (Å²) in [4.78, 5) is 105. The molecule has 0 saturated heterocycles. The first-order chi connectivity index (χ1) is 42.9. The molecule has 0 aliphatic heterocycles. The van der Waals surface area contributed by atoms with Gasteiger partial charge < -0.3 is 23.2 Å². The highest BCUT2D eigenvalue weighted by atomic mass is 79.9. The minimum atomic E-state index is -4.74. The molecule has 0 N–H and O–H groups in total. The van der Waals surface area contributed by atoms with Crippen LogP contribution in [0.3, 0.4) is 0 Å². The lowest BCUT2D eigenvalue weighted by Crippen LogP contribution is -2.31. The summed E-state index contributed by atoms with van der Waals surface area (Å²) in [6.07, 6.45) is -10.7. The van der Waals surface area contributed by atoms with Crippen molar-refractivity contribution in [3.63, 3.8) is 0 Å². The van der Waals surface area contributed by atoms with Gasteiger partial charge in [0.05, 0.1) is 79.3 Å². The monoisotopic (exact) mass is 1460 g/mol. The summed E-state index contributed by atoms with van der Waals surface area (Å²) in [5, 5.41) is 0.418. The van der Waals surface area contributed by atoms with Crippen LogP contribution in [-0.2, 0) is 47.7 Å². The summed E-state index contributed by atoms with van der Waals surface area (Å²) in [6, 6.07) is 23.6. The van der Waals surface area contributed by atoms with Crippen LogP contribution in [-0.4, -0.2) is 94.2 Å². The number of carbonyl (C=O) groups is 3. The predicted molar refractivity (Wildman–Crippen MR) is 318 cm³/mol. The first kappa shape index (κ1) is 67.8. The molecule has 10 aromatic rings. The van der Waals surface area contributed by atoms with E-state index in [0.29, 0.717) is 49.1 Å². The molecular weight excluding hydrogens is 1420 g/mol. The van der Waals surface area contributed by atoms with Gasteiger partial charge in [0.2, 0.25) is 16.3 Å².